The Morgan fingerprint density at radius 3 is 2.94 bits per heavy atom. The molecule has 3 nitrogen and oxygen atoms in total. The van der Waals surface area contributed by atoms with Crippen molar-refractivity contribution >= 4 is 0 Å². The molecular weight excluding hydrogens is 212 g/mol. The molecule has 0 saturated carbocycles. The molecule has 0 radical (unpaired) electrons. The van der Waals surface area contributed by atoms with Gasteiger partial charge in [-0.15, -0.1) is 0 Å². The maximum atomic E-state index is 8.89. The predicted molar refractivity (Wildman–Crippen MR) is 68.3 cm³/mol. The van der Waals surface area contributed by atoms with Crippen LogP contribution in [0, 0.1) is 17.2 Å². The summed E-state index contributed by atoms with van der Waals surface area (Å²) in [7, 11) is 0. The van der Waals surface area contributed by atoms with E-state index in [9.17, 15) is 0 Å². The lowest BCUT2D eigenvalue weighted by atomic mass is 10.0. The lowest BCUT2D eigenvalue weighted by Crippen LogP contribution is -2.22. The largest absolute Gasteiger partial charge is 0.396 e. The first kappa shape index (κ1) is 13.7. The Hall–Kier alpha value is -1.37. The van der Waals surface area contributed by atoms with E-state index in [1.54, 1.807) is 0 Å². The predicted octanol–water partition coefficient (Wildman–Crippen LogP) is 2.06. The fourth-order valence-electron chi connectivity index (χ4n) is 1.80. The molecule has 0 spiro atoms. The third kappa shape index (κ3) is 4.99. The number of hydrogen-bond acceptors (Lipinski definition) is 3. The van der Waals surface area contributed by atoms with Crippen LogP contribution in [0.1, 0.15) is 30.9 Å². The van der Waals surface area contributed by atoms with Crippen LogP contribution in [-0.4, -0.2) is 18.3 Å². The molecule has 0 aliphatic heterocycles. The molecule has 1 aromatic carbocycles. The van der Waals surface area contributed by atoms with Crippen LogP contribution in [0.2, 0.25) is 0 Å². The van der Waals surface area contributed by atoms with E-state index in [1.807, 2.05) is 24.3 Å². The summed E-state index contributed by atoms with van der Waals surface area (Å²) < 4.78 is 0. The average Bonchev–Trinajstić information content (AvgIpc) is 2.38. The minimum absolute atomic E-state index is 0.254. The molecule has 0 aliphatic rings. The van der Waals surface area contributed by atoms with E-state index in [0.29, 0.717) is 11.5 Å². The van der Waals surface area contributed by atoms with Crippen LogP contribution >= 0.6 is 0 Å². The molecular formula is C14H20N2O. The van der Waals surface area contributed by atoms with Gasteiger partial charge in [-0.1, -0.05) is 25.5 Å². The minimum Gasteiger partial charge on any atom is -0.396 e. The SMILES string of the molecule is CCC(CCO)CNCc1cccc(C#N)c1. The fraction of sp³-hybridized carbons (Fsp3) is 0.500. The average molecular weight is 232 g/mol. The van der Waals surface area contributed by atoms with Gasteiger partial charge in [0.05, 0.1) is 11.6 Å². The zero-order chi connectivity index (χ0) is 12.5. The molecule has 3 heteroatoms. The van der Waals surface area contributed by atoms with Crippen LogP contribution < -0.4 is 5.32 Å². The molecule has 0 aliphatic carbocycles. The Morgan fingerprint density at radius 2 is 2.29 bits per heavy atom. The highest BCUT2D eigenvalue weighted by atomic mass is 16.3. The van der Waals surface area contributed by atoms with Crippen LogP contribution in [0.25, 0.3) is 0 Å². The third-order valence-corrected chi connectivity index (χ3v) is 2.93. The number of benzene rings is 1. The molecule has 17 heavy (non-hydrogen) atoms. The van der Waals surface area contributed by atoms with E-state index < -0.39 is 0 Å². The molecule has 0 fully saturated rings. The molecule has 0 bridgehead atoms. The molecule has 2 N–H and O–H groups in total. The second-order valence-electron chi connectivity index (χ2n) is 4.23. The monoisotopic (exact) mass is 232 g/mol. The number of nitrogens with zero attached hydrogens (tertiary/aromatic N) is 1. The number of nitrogens with one attached hydrogen (secondary N) is 1. The summed E-state index contributed by atoms with van der Waals surface area (Å²) in [6.07, 6.45) is 1.92. The Balaban J connectivity index is 2.37. The second kappa shape index (κ2) is 7.83. The standard InChI is InChI=1S/C14H20N2O/c1-2-12(6-7-17)10-16-11-14-5-3-4-13(8-14)9-15/h3-5,8,12,16-17H,2,6-7,10-11H2,1H3. The van der Waals surface area contributed by atoms with Gasteiger partial charge in [-0.05, 0) is 36.6 Å². The van der Waals surface area contributed by atoms with E-state index in [0.717, 1.165) is 31.5 Å². The highest BCUT2D eigenvalue weighted by molar-refractivity contribution is 5.32. The Bertz CT molecular complexity index is 371. The van der Waals surface area contributed by atoms with E-state index >= 15 is 0 Å². The summed E-state index contributed by atoms with van der Waals surface area (Å²) in [6.45, 7) is 4.08. The first-order valence-corrected chi connectivity index (χ1v) is 6.10. The minimum atomic E-state index is 0.254. The van der Waals surface area contributed by atoms with Crippen molar-refractivity contribution in [2.24, 2.45) is 5.92 Å². The van der Waals surface area contributed by atoms with Gasteiger partial charge in [0.2, 0.25) is 0 Å². The number of aliphatic hydroxyl groups excluding tert-OH is 1. The van der Waals surface area contributed by atoms with Gasteiger partial charge in [0, 0.05) is 13.2 Å². The Kier molecular flexibility index (Phi) is 6.31. The molecule has 0 heterocycles. The first-order chi connectivity index (χ1) is 8.30. The Labute approximate surface area is 103 Å². The zero-order valence-corrected chi connectivity index (χ0v) is 10.3. The van der Waals surface area contributed by atoms with Crippen LogP contribution in [0.4, 0.5) is 0 Å². The summed E-state index contributed by atoms with van der Waals surface area (Å²) >= 11 is 0. The van der Waals surface area contributed by atoms with E-state index in [2.05, 4.69) is 18.3 Å². The molecule has 0 saturated heterocycles. The lowest BCUT2D eigenvalue weighted by molar-refractivity contribution is 0.251. The molecule has 1 atom stereocenters. The van der Waals surface area contributed by atoms with Crippen molar-refractivity contribution in [3.8, 4) is 6.07 Å². The van der Waals surface area contributed by atoms with Crippen molar-refractivity contribution in [1.82, 2.24) is 5.32 Å². The molecule has 0 aromatic heterocycles. The van der Waals surface area contributed by atoms with Gasteiger partial charge in [0.25, 0.3) is 0 Å². The normalized spacial score (nSPS) is 12.1. The van der Waals surface area contributed by atoms with Crippen LogP contribution in [-0.2, 0) is 6.54 Å². The maximum absolute atomic E-state index is 8.89. The smallest absolute Gasteiger partial charge is 0.0991 e. The zero-order valence-electron chi connectivity index (χ0n) is 10.3. The molecule has 1 unspecified atom stereocenters. The molecule has 92 valence electrons. The van der Waals surface area contributed by atoms with Crippen molar-refractivity contribution < 1.29 is 5.11 Å². The second-order valence-corrected chi connectivity index (χ2v) is 4.23. The summed E-state index contributed by atoms with van der Waals surface area (Å²) in [4.78, 5) is 0. The number of hydrogen-bond donors (Lipinski definition) is 2. The molecule has 1 aromatic rings. The Morgan fingerprint density at radius 1 is 1.47 bits per heavy atom. The van der Waals surface area contributed by atoms with E-state index in [-0.39, 0.29) is 6.61 Å². The first-order valence-electron chi connectivity index (χ1n) is 6.10. The van der Waals surface area contributed by atoms with Gasteiger partial charge in [-0.25, -0.2) is 0 Å². The molecule has 0 amide bonds. The third-order valence-electron chi connectivity index (χ3n) is 2.93. The highest BCUT2D eigenvalue weighted by Crippen LogP contribution is 2.07. The molecule has 1 rings (SSSR count). The van der Waals surface area contributed by atoms with Crippen molar-refractivity contribution in [2.75, 3.05) is 13.2 Å². The lowest BCUT2D eigenvalue weighted by Gasteiger charge is -2.14. The van der Waals surface area contributed by atoms with E-state index in [4.69, 9.17) is 10.4 Å². The van der Waals surface area contributed by atoms with Gasteiger partial charge in [0.15, 0.2) is 0 Å². The van der Waals surface area contributed by atoms with Crippen LogP contribution in [0.15, 0.2) is 24.3 Å². The van der Waals surface area contributed by atoms with Gasteiger partial charge in [0.1, 0.15) is 0 Å². The number of aliphatic hydroxyl groups is 1. The summed E-state index contributed by atoms with van der Waals surface area (Å²) in [5, 5.41) is 21.0. The fourth-order valence-corrected chi connectivity index (χ4v) is 1.80. The summed E-state index contributed by atoms with van der Waals surface area (Å²) in [6, 6.07) is 9.77. The van der Waals surface area contributed by atoms with Gasteiger partial charge in [-0.2, -0.15) is 5.26 Å². The van der Waals surface area contributed by atoms with Gasteiger partial charge in [-0.3, -0.25) is 0 Å². The summed E-state index contributed by atoms with van der Waals surface area (Å²) in [5.74, 6) is 0.527. The van der Waals surface area contributed by atoms with Gasteiger partial charge < -0.3 is 10.4 Å². The van der Waals surface area contributed by atoms with Crippen molar-refractivity contribution in [1.29, 1.82) is 5.26 Å². The highest BCUT2D eigenvalue weighted by Gasteiger charge is 2.04. The maximum Gasteiger partial charge on any atom is 0.0991 e. The quantitative estimate of drug-likeness (QED) is 0.756. The van der Waals surface area contributed by atoms with Crippen LogP contribution in [0.3, 0.4) is 0 Å². The van der Waals surface area contributed by atoms with Crippen molar-refractivity contribution in [2.45, 2.75) is 26.3 Å². The van der Waals surface area contributed by atoms with Gasteiger partial charge >= 0.3 is 0 Å². The number of rotatable bonds is 7. The number of nitriles is 1. The topological polar surface area (TPSA) is 56.0 Å². The van der Waals surface area contributed by atoms with E-state index in [1.165, 1.54) is 0 Å². The van der Waals surface area contributed by atoms with Crippen molar-refractivity contribution in [3.05, 3.63) is 35.4 Å². The summed E-state index contributed by atoms with van der Waals surface area (Å²) in [5.41, 5.74) is 1.83. The van der Waals surface area contributed by atoms with Crippen LogP contribution in [0.5, 0.6) is 0 Å². The van der Waals surface area contributed by atoms with Crippen molar-refractivity contribution in [3.63, 3.8) is 0 Å².